The minimum absolute atomic E-state index is 1.24. The number of hydrogen-bond donors (Lipinski definition) is 0. The van der Waals surface area contributed by atoms with Gasteiger partial charge < -0.3 is 0 Å². The van der Waals surface area contributed by atoms with Crippen LogP contribution in [0.4, 0.5) is 0 Å². The van der Waals surface area contributed by atoms with Crippen LogP contribution in [0, 0.1) is 0 Å². The molecule has 0 radical (unpaired) electrons. The van der Waals surface area contributed by atoms with E-state index < -0.39 is 0 Å². The zero-order valence-electron chi connectivity index (χ0n) is 7.22. The molecule has 0 aliphatic heterocycles. The van der Waals surface area contributed by atoms with Gasteiger partial charge in [-0.05, 0) is 0 Å². The third kappa shape index (κ3) is 3.36. The summed E-state index contributed by atoms with van der Waals surface area (Å²) in [4.78, 5) is 0. The third-order valence-corrected chi connectivity index (χ3v) is 1.91. The van der Waals surface area contributed by atoms with Crippen LogP contribution in [0.1, 0.15) is 31.6 Å². The van der Waals surface area contributed by atoms with Gasteiger partial charge in [0.15, 0.2) is 0 Å². The minimum atomic E-state index is 1.24. The van der Waals surface area contributed by atoms with Gasteiger partial charge in [-0.15, -0.1) is 0 Å². The van der Waals surface area contributed by atoms with E-state index in [2.05, 4.69) is 38.0 Å². The van der Waals surface area contributed by atoms with E-state index in [1.165, 1.54) is 31.1 Å². The van der Waals surface area contributed by atoms with E-state index in [4.69, 9.17) is 0 Å². The quantitative estimate of drug-likeness (QED) is 0.573. The first kappa shape index (κ1) is 8.51. The van der Waals surface area contributed by atoms with E-state index in [-0.39, 0.29) is 0 Å². The molecule has 58 valence electrons. The van der Waals surface area contributed by atoms with Crippen LogP contribution in [0.25, 0.3) is 0 Å². The van der Waals surface area contributed by atoms with Crippen LogP contribution in [-0.4, -0.2) is 6.91 Å². The maximum atomic E-state index is 2.24. The van der Waals surface area contributed by atoms with E-state index in [0.717, 1.165) is 0 Å². The van der Waals surface area contributed by atoms with Gasteiger partial charge in [0.2, 0.25) is 0 Å². The Morgan fingerprint density at radius 1 is 1.27 bits per heavy atom. The molecule has 0 bridgehead atoms. The van der Waals surface area contributed by atoms with Crippen LogP contribution < -0.4 is 0 Å². The van der Waals surface area contributed by atoms with Crippen molar-refractivity contribution in [2.75, 3.05) is 0 Å². The normalized spacial score (nSPS) is 9.55. The zero-order valence-corrected chi connectivity index (χ0v) is 7.22. The van der Waals surface area contributed by atoms with E-state index >= 15 is 0 Å². The molecule has 1 aromatic rings. The summed E-state index contributed by atoms with van der Waals surface area (Å²) in [5.74, 6) is 2.11. The molecule has 0 atom stereocenters. The third-order valence-electron chi connectivity index (χ3n) is 1.91. The molecular weight excluding hydrogens is 131 g/mol. The fraction of sp³-hybridized carbons (Fsp3) is 0.500. The van der Waals surface area contributed by atoms with Crippen molar-refractivity contribution in [3.63, 3.8) is 0 Å². The second-order valence-corrected chi connectivity index (χ2v) is 2.94. The summed E-state index contributed by atoms with van der Waals surface area (Å²) >= 11 is 0. The van der Waals surface area contributed by atoms with Gasteiger partial charge in [-0.3, -0.25) is 0 Å². The van der Waals surface area contributed by atoms with Gasteiger partial charge >= 0.3 is 69.1 Å². The van der Waals surface area contributed by atoms with Crippen molar-refractivity contribution < 1.29 is 0 Å². The van der Waals surface area contributed by atoms with Crippen molar-refractivity contribution in [2.24, 2.45) is 0 Å². The summed E-state index contributed by atoms with van der Waals surface area (Å²) in [7, 11) is 0. The molecule has 0 N–H and O–H groups in total. The number of aryl methyl sites for hydroxylation is 1. The summed E-state index contributed by atoms with van der Waals surface area (Å²) in [6.45, 7) is 4.45. The summed E-state index contributed by atoms with van der Waals surface area (Å²) < 4.78 is 0. The summed E-state index contributed by atoms with van der Waals surface area (Å²) in [5.41, 5.74) is 1.47. The molecule has 0 saturated carbocycles. The summed E-state index contributed by atoms with van der Waals surface area (Å²) in [6, 6.07) is 6.39. The van der Waals surface area contributed by atoms with Crippen molar-refractivity contribution in [2.45, 2.75) is 32.6 Å². The fourth-order valence-corrected chi connectivity index (χ4v) is 1.22. The van der Waals surface area contributed by atoms with Gasteiger partial charge in [0.25, 0.3) is 0 Å². The second kappa shape index (κ2) is 5.12. The van der Waals surface area contributed by atoms with Gasteiger partial charge in [-0.2, -0.15) is 0 Å². The number of rotatable bonds is 4. The molecular formula is C10H15B. The Bertz CT molecular complexity index is 181. The van der Waals surface area contributed by atoms with Crippen LogP contribution >= 0.6 is 0 Å². The van der Waals surface area contributed by atoms with Gasteiger partial charge in [-0.25, -0.2) is 0 Å². The Balaban J connectivity index is 2.28. The zero-order chi connectivity index (χ0) is 7.94. The van der Waals surface area contributed by atoms with Crippen LogP contribution in [0.5, 0.6) is 0 Å². The summed E-state index contributed by atoms with van der Waals surface area (Å²) in [6.07, 6.45) is 5.25. The molecule has 11 heavy (non-hydrogen) atoms. The van der Waals surface area contributed by atoms with Crippen molar-refractivity contribution in [3.05, 3.63) is 29.6 Å². The molecule has 1 heterocycles. The van der Waals surface area contributed by atoms with Crippen molar-refractivity contribution >= 4 is 6.91 Å². The van der Waals surface area contributed by atoms with E-state index in [0.29, 0.717) is 0 Å². The van der Waals surface area contributed by atoms with E-state index in [1.807, 2.05) is 0 Å². The predicted molar refractivity (Wildman–Crippen MR) is 51.0 cm³/mol. The maximum absolute atomic E-state index is 2.24. The Morgan fingerprint density at radius 3 is 2.82 bits per heavy atom. The van der Waals surface area contributed by atoms with Gasteiger partial charge in [0.05, 0.1) is 0 Å². The Morgan fingerprint density at radius 2 is 2.18 bits per heavy atom. The predicted octanol–water partition coefficient (Wildman–Crippen LogP) is 2.76. The first-order valence-electron chi connectivity index (χ1n) is 4.47. The molecule has 0 aliphatic carbocycles. The molecule has 0 aromatic carbocycles. The molecule has 1 heteroatoms. The molecule has 1 rings (SSSR count). The Kier molecular flexibility index (Phi) is 3.96. The number of hydrogen-bond acceptors (Lipinski definition) is 0. The van der Waals surface area contributed by atoms with Crippen molar-refractivity contribution in [3.8, 4) is 0 Å². The second-order valence-electron chi connectivity index (χ2n) is 2.94. The molecule has 0 unspecified atom stereocenters. The van der Waals surface area contributed by atoms with Gasteiger partial charge in [0, 0.05) is 0 Å². The fourth-order valence-electron chi connectivity index (χ4n) is 1.22. The topological polar surface area (TPSA) is 0 Å². The first-order valence-corrected chi connectivity index (χ1v) is 4.47. The first-order chi connectivity index (χ1) is 5.43. The Labute approximate surface area is 69.9 Å². The molecule has 0 saturated heterocycles. The van der Waals surface area contributed by atoms with Crippen LogP contribution in [0.3, 0.4) is 0 Å². The van der Waals surface area contributed by atoms with Crippen LogP contribution in [-0.2, 0) is 6.42 Å². The Hall–Kier alpha value is -0.585. The average molecular weight is 146 g/mol. The van der Waals surface area contributed by atoms with Gasteiger partial charge in [-0.1, -0.05) is 0 Å². The standard InChI is InChI=1S/C10H15B/c1-2-3-4-7-10-8-5-6-9-11-10/h5-6,8-9H,2-4,7H2,1H3. The molecule has 0 fully saturated rings. The van der Waals surface area contributed by atoms with E-state index in [1.54, 1.807) is 0 Å². The SMILES string of the molecule is CCCCCc1bcccc1. The van der Waals surface area contributed by atoms with Crippen molar-refractivity contribution in [1.82, 2.24) is 0 Å². The van der Waals surface area contributed by atoms with Gasteiger partial charge in [0.1, 0.15) is 0 Å². The van der Waals surface area contributed by atoms with E-state index in [9.17, 15) is 0 Å². The molecule has 1 aromatic heterocycles. The molecule has 0 aliphatic rings. The van der Waals surface area contributed by atoms with Crippen LogP contribution in [0.15, 0.2) is 24.2 Å². The molecule has 0 amide bonds. The van der Waals surface area contributed by atoms with Crippen LogP contribution in [0.2, 0.25) is 0 Å². The monoisotopic (exact) mass is 146 g/mol. The summed E-state index contributed by atoms with van der Waals surface area (Å²) in [5, 5.41) is 0. The van der Waals surface area contributed by atoms with Crippen molar-refractivity contribution in [1.29, 1.82) is 0 Å². The average Bonchev–Trinajstić information content (AvgIpc) is 2.07. The molecule has 0 spiro atoms. The number of unbranched alkanes of at least 4 members (excludes halogenated alkanes) is 2. The molecule has 0 nitrogen and oxygen atoms in total.